The average Bonchev–Trinajstić information content (AvgIpc) is 2.78. The molecule has 4 heteroatoms. The van der Waals surface area contributed by atoms with E-state index in [1.807, 2.05) is 24.3 Å². The van der Waals surface area contributed by atoms with Crippen molar-refractivity contribution in [2.75, 3.05) is 47.6 Å². The Morgan fingerprint density at radius 3 is 1.87 bits per heavy atom. The van der Waals surface area contributed by atoms with Crippen LogP contribution in [0, 0.1) is 0 Å². The molecular weight excluding hydrogens is 370 g/mol. The first-order valence-electron chi connectivity index (χ1n) is 10.2. The van der Waals surface area contributed by atoms with Crippen molar-refractivity contribution in [1.82, 2.24) is 0 Å². The van der Waals surface area contributed by atoms with Crippen LogP contribution in [0.3, 0.4) is 0 Å². The third-order valence-corrected chi connectivity index (χ3v) is 5.12. The smallest absolute Gasteiger partial charge is 0.161 e. The highest BCUT2D eigenvalue weighted by Crippen LogP contribution is 2.32. The SMILES string of the molecule is C=CCN(CC=C)c1ccc(N2COc3ccc(N(CC=C)CC=C)cc3C2)cc1. The van der Waals surface area contributed by atoms with Crippen molar-refractivity contribution in [2.24, 2.45) is 0 Å². The summed E-state index contributed by atoms with van der Waals surface area (Å²) in [5.74, 6) is 0.951. The fourth-order valence-corrected chi connectivity index (χ4v) is 3.66. The highest BCUT2D eigenvalue weighted by Gasteiger charge is 2.19. The molecule has 0 saturated carbocycles. The molecule has 0 bridgehead atoms. The maximum atomic E-state index is 6.03. The third-order valence-electron chi connectivity index (χ3n) is 5.12. The second-order valence-corrected chi connectivity index (χ2v) is 7.24. The minimum absolute atomic E-state index is 0.539. The van der Waals surface area contributed by atoms with Gasteiger partial charge in [-0.25, -0.2) is 0 Å². The number of rotatable bonds is 11. The zero-order chi connectivity index (χ0) is 21.3. The molecule has 0 amide bonds. The molecule has 1 aliphatic heterocycles. The Morgan fingerprint density at radius 1 is 0.767 bits per heavy atom. The molecule has 1 aliphatic rings. The van der Waals surface area contributed by atoms with Crippen LogP contribution < -0.4 is 19.4 Å². The Bertz CT molecular complexity index is 868. The molecule has 1 heterocycles. The number of nitrogens with zero attached hydrogens (tertiary/aromatic N) is 3. The molecule has 0 saturated heterocycles. The van der Waals surface area contributed by atoms with Crippen molar-refractivity contribution in [3.05, 3.63) is 98.6 Å². The van der Waals surface area contributed by atoms with Gasteiger partial charge in [-0.3, -0.25) is 0 Å². The zero-order valence-electron chi connectivity index (χ0n) is 17.7. The van der Waals surface area contributed by atoms with Crippen LogP contribution in [-0.2, 0) is 6.54 Å². The van der Waals surface area contributed by atoms with E-state index in [0.29, 0.717) is 6.73 Å². The molecule has 2 aromatic rings. The number of anilines is 3. The summed E-state index contributed by atoms with van der Waals surface area (Å²) in [6, 6.07) is 15.0. The largest absolute Gasteiger partial charge is 0.473 e. The standard InChI is InChI=1S/C26H31N3O/c1-5-15-27(16-6-2)23-9-11-24(12-10-23)29-20-22-19-25(13-14-26(22)30-21-29)28(17-7-3)18-8-4/h5-14,19H,1-4,15-18,20-21H2. The minimum Gasteiger partial charge on any atom is -0.473 e. The first kappa shape index (κ1) is 21.3. The Morgan fingerprint density at radius 2 is 1.30 bits per heavy atom. The van der Waals surface area contributed by atoms with Crippen LogP contribution in [-0.4, -0.2) is 32.9 Å². The molecule has 0 fully saturated rings. The molecule has 0 atom stereocenters. The highest BCUT2D eigenvalue weighted by molar-refractivity contribution is 5.60. The van der Waals surface area contributed by atoms with Gasteiger partial charge in [-0.1, -0.05) is 24.3 Å². The first-order chi connectivity index (χ1) is 14.7. The van der Waals surface area contributed by atoms with Gasteiger partial charge in [-0.15, -0.1) is 26.3 Å². The van der Waals surface area contributed by atoms with Gasteiger partial charge in [0.25, 0.3) is 0 Å². The van der Waals surface area contributed by atoms with Crippen molar-refractivity contribution < 1.29 is 4.74 Å². The average molecular weight is 402 g/mol. The summed E-state index contributed by atoms with van der Waals surface area (Å²) in [6.07, 6.45) is 7.64. The molecule has 0 aliphatic carbocycles. The van der Waals surface area contributed by atoms with E-state index in [9.17, 15) is 0 Å². The minimum atomic E-state index is 0.539. The van der Waals surface area contributed by atoms with E-state index in [1.165, 1.54) is 5.56 Å². The summed E-state index contributed by atoms with van der Waals surface area (Å²) < 4.78 is 6.03. The Balaban J connectivity index is 1.77. The van der Waals surface area contributed by atoms with Crippen LogP contribution in [0.1, 0.15) is 5.56 Å². The van der Waals surface area contributed by atoms with Gasteiger partial charge < -0.3 is 19.4 Å². The lowest BCUT2D eigenvalue weighted by molar-refractivity contribution is 0.289. The van der Waals surface area contributed by atoms with E-state index in [4.69, 9.17) is 4.74 Å². The molecule has 0 unspecified atom stereocenters. The molecule has 2 aromatic carbocycles. The van der Waals surface area contributed by atoms with Crippen LogP contribution in [0.25, 0.3) is 0 Å². The zero-order valence-corrected chi connectivity index (χ0v) is 17.7. The predicted octanol–water partition coefficient (Wildman–Crippen LogP) is 5.40. The topological polar surface area (TPSA) is 19.0 Å². The number of hydrogen-bond donors (Lipinski definition) is 0. The maximum Gasteiger partial charge on any atom is 0.161 e. The predicted molar refractivity (Wildman–Crippen MR) is 130 cm³/mol. The summed E-state index contributed by atoms with van der Waals surface area (Å²) in [6.45, 7) is 19.9. The summed E-state index contributed by atoms with van der Waals surface area (Å²) in [5, 5.41) is 0. The lowest BCUT2D eigenvalue weighted by Crippen LogP contribution is -2.32. The number of ether oxygens (including phenoxy) is 1. The van der Waals surface area contributed by atoms with Gasteiger partial charge in [0, 0.05) is 55.3 Å². The monoisotopic (exact) mass is 401 g/mol. The van der Waals surface area contributed by atoms with Crippen LogP contribution in [0.2, 0.25) is 0 Å². The fraction of sp³-hybridized carbons (Fsp3) is 0.231. The van der Waals surface area contributed by atoms with E-state index in [-0.39, 0.29) is 0 Å². The molecule has 0 N–H and O–H groups in total. The fourth-order valence-electron chi connectivity index (χ4n) is 3.66. The van der Waals surface area contributed by atoms with Gasteiger partial charge in [-0.2, -0.15) is 0 Å². The molecule has 4 nitrogen and oxygen atoms in total. The highest BCUT2D eigenvalue weighted by atomic mass is 16.5. The third kappa shape index (κ3) is 4.95. The van der Waals surface area contributed by atoms with Gasteiger partial charge in [0.15, 0.2) is 6.73 Å². The van der Waals surface area contributed by atoms with E-state index in [0.717, 1.165) is 55.5 Å². The Kier molecular flexibility index (Phi) is 7.39. The van der Waals surface area contributed by atoms with Gasteiger partial charge in [0.1, 0.15) is 5.75 Å². The molecule has 0 radical (unpaired) electrons. The molecule has 30 heavy (non-hydrogen) atoms. The number of benzene rings is 2. The maximum absolute atomic E-state index is 6.03. The second kappa shape index (κ2) is 10.4. The van der Waals surface area contributed by atoms with E-state index >= 15 is 0 Å². The summed E-state index contributed by atoms with van der Waals surface area (Å²) in [7, 11) is 0. The quantitative estimate of drug-likeness (QED) is 0.469. The van der Waals surface area contributed by atoms with Crippen molar-refractivity contribution in [3.63, 3.8) is 0 Å². The normalized spacial score (nSPS) is 12.3. The van der Waals surface area contributed by atoms with Crippen molar-refractivity contribution in [1.29, 1.82) is 0 Å². The van der Waals surface area contributed by atoms with Crippen molar-refractivity contribution in [2.45, 2.75) is 6.54 Å². The lowest BCUT2D eigenvalue weighted by Gasteiger charge is -2.32. The molecular formula is C26H31N3O. The Labute approximate surface area is 180 Å². The lowest BCUT2D eigenvalue weighted by atomic mass is 10.1. The van der Waals surface area contributed by atoms with Gasteiger partial charge in [-0.05, 0) is 42.5 Å². The van der Waals surface area contributed by atoms with Gasteiger partial charge in [0.2, 0.25) is 0 Å². The molecule has 0 aromatic heterocycles. The van der Waals surface area contributed by atoms with Crippen molar-refractivity contribution >= 4 is 17.1 Å². The summed E-state index contributed by atoms with van der Waals surface area (Å²) in [4.78, 5) is 6.71. The summed E-state index contributed by atoms with van der Waals surface area (Å²) >= 11 is 0. The van der Waals surface area contributed by atoms with Crippen LogP contribution in [0.5, 0.6) is 5.75 Å². The van der Waals surface area contributed by atoms with Crippen LogP contribution in [0.4, 0.5) is 17.1 Å². The molecule has 0 spiro atoms. The Hall–Kier alpha value is -3.40. The first-order valence-corrected chi connectivity index (χ1v) is 10.2. The van der Waals surface area contributed by atoms with Crippen LogP contribution >= 0.6 is 0 Å². The van der Waals surface area contributed by atoms with E-state index in [2.05, 4.69) is 83.5 Å². The van der Waals surface area contributed by atoms with Crippen LogP contribution in [0.15, 0.2) is 93.1 Å². The number of fused-ring (bicyclic) bond motifs is 1. The van der Waals surface area contributed by atoms with E-state index < -0.39 is 0 Å². The number of hydrogen-bond acceptors (Lipinski definition) is 4. The van der Waals surface area contributed by atoms with Crippen molar-refractivity contribution in [3.8, 4) is 5.75 Å². The molecule has 3 rings (SSSR count). The second-order valence-electron chi connectivity index (χ2n) is 7.24. The van der Waals surface area contributed by atoms with E-state index in [1.54, 1.807) is 0 Å². The van der Waals surface area contributed by atoms with Gasteiger partial charge >= 0.3 is 0 Å². The summed E-state index contributed by atoms with van der Waals surface area (Å²) in [5.41, 5.74) is 4.63. The van der Waals surface area contributed by atoms with Gasteiger partial charge in [0.05, 0.1) is 0 Å². The molecule has 156 valence electrons.